The molecule has 0 amide bonds. The average Bonchev–Trinajstić information content (AvgIpc) is 3.45. The molecule has 2 bridgehead atoms. The van der Waals surface area contributed by atoms with E-state index in [0.717, 1.165) is 62.3 Å². The molecule has 262 valence electrons. The third-order valence-corrected chi connectivity index (χ3v) is 15.0. The first-order chi connectivity index (χ1) is 23.7. The fraction of sp³-hybridized carbons (Fsp3) is 0.636. The normalized spacial score (nSPS) is 37.6. The van der Waals surface area contributed by atoms with Gasteiger partial charge in [-0.05, 0) is 155 Å². The molecule has 5 nitrogen and oxygen atoms in total. The smallest absolute Gasteiger partial charge is 0.306 e. The number of esters is 1. The number of hydrogen-bond donors (Lipinski definition) is 1. The van der Waals surface area contributed by atoms with Gasteiger partial charge in [-0.25, -0.2) is 0 Å². The van der Waals surface area contributed by atoms with Crippen molar-refractivity contribution in [3.8, 4) is 5.75 Å². The van der Waals surface area contributed by atoms with Gasteiger partial charge in [0.1, 0.15) is 11.9 Å². The quantitative estimate of drug-likeness (QED) is 0.332. The first-order valence-electron chi connectivity index (χ1n) is 19.7. The van der Waals surface area contributed by atoms with Crippen LogP contribution in [0.15, 0.2) is 60.2 Å². The summed E-state index contributed by atoms with van der Waals surface area (Å²) in [4.78, 5) is 27.1. The molecular formula is C44H57NO4. The minimum atomic E-state index is -0.0347. The number of aryl methyl sites for hydroxylation is 1. The van der Waals surface area contributed by atoms with Gasteiger partial charge in [0.2, 0.25) is 0 Å². The summed E-state index contributed by atoms with van der Waals surface area (Å²) in [5, 5.41) is 9.91. The number of ketones is 1. The largest absolute Gasteiger partial charge is 0.508 e. The Balaban J connectivity index is 0.000000157. The van der Waals surface area contributed by atoms with E-state index in [2.05, 4.69) is 43.1 Å². The lowest BCUT2D eigenvalue weighted by Gasteiger charge is -2.58. The van der Waals surface area contributed by atoms with Gasteiger partial charge in [-0.2, -0.15) is 0 Å². The summed E-state index contributed by atoms with van der Waals surface area (Å²) in [7, 11) is 2.30. The molecule has 5 heteroatoms. The molecule has 1 aliphatic heterocycles. The van der Waals surface area contributed by atoms with Gasteiger partial charge in [-0.3, -0.25) is 9.59 Å². The lowest BCUT2D eigenvalue weighted by molar-refractivity contribution is -0.158. The molecule has 1 heterocycles. The Labute approximate surface area is 293 Å². The van der Waals surface area contributed by atoms with Crippen molar-refractivity contribution >= 4 is 11.8 Å². The Hall–Kier alpha value is -2.92. The monoisotopic (exact) mass is 663 g/mol. The number of piperidine rings is 1. The van der Waals surface area contributed by atoms with E-state index in [0.29, 0.717) is 35.2 Å². The molecule has 4 saturated carbocycles. The highest BCUT2D eigenvalue weighted by Gasteiger charge is 2.57. The lowest BCUT2D eigenvalue weighted by atomic mass is 9.52. The molecule has 9 atom stereocenters. The Kier molecular flexibility index (Phi) is 9.04. The van der Waals surface area contributed by atoms with Crippen LogP contribution in [0, 0.1) is 35.0 Å². The summed E-state index contributed by atoms with van der Waals surface area (Å²) in [5.74, 6) is 4.36. The van der Waals surface area contributed by atoms with E-state index in [9.17, 15) is 14.7 Å². The van der Waals surface area contributed by atoms with Crippen LogP contribution in [0.5, 0.6) is 5.75 Å². The number of carbonyl (C=O) groups excluding carboxylic acids is 2. The average molecular weight is 664 g/mol. The zero-order valence-electron chi connectivity index (χ0n) is 29.9. The van der Waals surface area contributed by atoms with Crippen LogP contribution in [0.4, 0.5) is 0 Å². The van der Waals surface area contributed by atoms with Gasteiger partial charge in [-0.15, -0.1) is 0 Å². The highest BCUT2D eigenvalue weighted by molar-refractivity contribution is 5.91. The van der Waals surface area contributed by atoms with Crippen molar-refractivity contribution in [3.63, 3.8) is 0 Å². The van der Waals surface area contributed by atoms with Crippen LogP contribution in [0.3, 0.4) is 0 Å². The maximum Gasteiger partial charge on any atom is 0.306 e. The summed E-state index contributed by atoms with van der Waals surface area (Å²) in [5.41, 5.74) is 6.13. The van der Waals surface area contributed by atoms with Crippen LogP contribution in [-0.2, 0) is 32.6 Å². The van der Waals surface area contributed by atoms with Crippen molar-refractivity contribution in [2.75, 3.05) is 13.6 Å². The van der Waals surface area contributed by atoms with E-state index in [1.165, 1.54) is 86.6 Å². The number of rotatable bonds is 4. The van der Waals surface area contributed by atoms with E-state index in [-0.39, 0.29) is 17.5 Å². The fourth-order valence-electron chi connectivity index (χ4n) is 12.6. The van der Waals surface area contributed by atoms with Crippen molar-refractivity contribution in [1.82, 2.24) is 4.90 Å². The Morgan fingerprint density at radius 2 is 1.78 bits per heavy atom. The molecule has 0 aromatic heterocycles. The molecule has 0 radical (unpaired) electrons. The maximum absolute atomic E-state index is 12.6. The number of hydrogen-bond acceptors (Lipinski definition) is 5. The zero-order valence-corrected chi connectivity index (χ0v) is 29.9. The van der Waals surface area contributed by atoms with Gasteiger partial charge >= 0.3 is 5.97 Å². The van der Waals surface area contributed by atoms with Crippen LogP contribution in [0.1, 0.15) is 114 Å². The molecule has 49 heavy (non-hydrogen) atoms. The Bertz CT molecular complexity index is 1580. The maximum atomic E-state index is 12.6. The van der Waals surface area contributed by atoms with Gasteiger partial charge in [0.05, 0.1) is 0 Å². The number of likely N-dealkylation sites (tertiary alicyclic amines) is 1. The number of fused-ring (bicyclic) bond motifs is 6. The van der Waals surface area contributed by atoms with Gasteiger partial charge in [-0.1, -0.05) is 61.7 Å². The summed E-state index contributed by atoms with van der Waals surface area (Å²) in [6.07, 6.45) is 19.9. The van der Waals surface area contributed by atoms with Crippen molar-refractivity contribution in [1.29, 1.82) is 0 Å². The molecule has 1 saturated heterocycles. The van der Waals surface area contributed by atoms with Crippen LogP contribution in [0.25, 0.3) is 0 Å². The molecular weight excluding hydrogens is 606 g/mol. The highest BCUT2D eigenvalue weighted by atomic mass is 16.5. The molecule has 0 unspecified atom stereocenters. The lowest BCUT2D eigenvalue weighted by Crippen LogP contribution is -2.59. The van der Waals surface area contributed by atoms with Crippen LogP contribution in [-0.4, -0.2) is 47.5 Å². The number of phenolic OH excluding ortho intramolecular Hbond substituents is 1. The van der Waals surface area contributed by atoms with Crippen molar-refractivity contribution < 1.29 is 19.4 Å². The third kappa shape index (κ3) is 6.00. The number of carbonyl (C=O) groups is 2. The van der Waals surface area contributed by atoms with Crippen molar-refractivity contribution in [2.24, 2.45) is 35.0 Å². The second-order valence-electron chi connectivity index (χ2n) is 17.2. The minimum absolute atomic E-state index is 0.0347. The standard InChI is InChI=1S/C27H34O3.C17H23NO/c1-27-16-15-22-21-11-9-20(28)17-19(21)8-10-23(22)24(27)12-13-25(27)30-26(29)14-7-18-5-3-2-4-6-18;1-18-9-8-17-7-3-2-4-14(17)16(18)10-12-5-6-13(19)11-15(12)17/h2-6,17,21-25H,7-16H2,1H3;5-6,11,14,16,19H,2-4,7-10H2,1H3/t21-,22+,23+,24-,25-,27-;14-,16+,17+/m00/s1. The van der Waals surface area contributed by atoms with Gasteiger partial charge < -0.3 is 14.7 Å². The van der Waals surface area contributed by atoms with Crippen molar-refractivity contribution in [2.45, 2.75) is 127 Å². The molecule has 7 aliphatic rings. The summed E-state index contributed by atoms with van der Waals surface area (Å²) >= 11 is 0. The predicted molar refractivity (Wildman–Crippen MR) is 193 cm³/mol. The number of likely N-dealkylation sites (N-methyl/N-ethyl adjacent to an activating group) is 1. The van der Waals surface area contributed by atoms with E-state index >= 15 is 0 Å². The highest BCUT2D eigenvalue weighted by Crippen LogP contribution is 2.62. The minimum Gasteiger partial charge on any atom is -0.508 e. The number of ether oxygens (including phenoxy) is 1. The number of nitrogens with zero attached hydrogens (tertiary/aromatic N) is 1. The number of aromatic hydroxyl groups is 1. The predicted octanol–water partition coefficient (Wildman–Crippen LogP) is 8.75. The molecule has 2 aromatic rings. The Morgan fingerprint density at radius 1 is 0.918 bits per heavy atom. The van der Waals surface area contributed by atoms with Gasteiger partial charge in [0.25, 0.3) is 0 Å². The summed E-state index contributed by atoms with van der Waals surface area (Å²) in [6, 6.07) is 17.0. The van der Waals surface area contributed by atoms with Crippen LogP contribution < -0.4 is 0 Å². The number of phenols is 1. The van der Waals surface area contributed by atoms with Crippen LogP contribution in [0.2, 0.25) is 0 Å². The van der Waals surface area contributed by atoms with E-state index < -0.39 is 0 Å². The van der Waals surface area contributed by atoms with Crippen molar-refractivity contribution in [3.05, 3.63) is 76.9 Å². The van der Waals surface area contributed by atoms with Crippen LogP contribution >= 0.6 is 0 Å². The first kappa shape index (κ1) is 33.2. The zero-order chi connectivity index (χ0) is 33.8. The van der Waals surface area contributed by atoms with E-state index in [4.69, 9.17) is 4.74 Å². The molecule has 9 rings (SSSR count). The second kappa shape index (κ2) is 13.3. The molecule has 6 aliphatic carbocycles. The fourth-order valence-corrected chi connectivity index (χ4v) is 12.6. The van der Waals surface area contributed by atoms with E-state index in [1.807, 2.05) is 30.3 Å². The summed E-state index contributed by atoms with van der Waals surface area (Å²) < 4.78 is 6.11. The van der Waals surface area contributed by atoms with Gasteiger partial charge in [0.15, 0.2) is 5.78 Å². The van der Waals surface area contributed by atoms with Gasteiger partial charge in [0, 0.05) is 29.7 Å². The molecule has 0 spiro atoms. The number of allylic oxidation sites excluding steroid dienone is 1. The topological polar surface area (TPSA) is 66.8 Å². The molecule has 2 aromatic carbocycles. The third-order valence-electron chi connectivity index (χ3n) is 15.0. The molecule has 1 N–H and O–H groups in total. The second-order valence-corrected chi connectivity index (χ2v) is 17.2. The molecule has 5 fully saturated rings. The van der Waals surface area contributed by atoms with E-state index in [1.54, 1.807) is 0 Å². The first-order valence-corrected chi connectivity index (χ1v) is 19.7. The number of benzene rings is 2. The Morgan fingerprint density at radius 3 is 2.63 bits per heavy atom. The summed E-state index contributed by atoms with van der Waals surface area (Å²) in [6.45, 7) is 3.61. The SMILES string of the molecule is CN1CC[C@]23CCCC[C@H]2[C@H]1Cc1ccc(O)cc13.C[C@]12CC[C@H]3[C@@H](CCC4=CC(=O)CC[C@@H]43)[C@@H]1CC[C@@H]2OC(=O)CCc1ccccc1.